The minimum Gasteiger partial charge on any atom is -0.392 e. The number of nitrogens with zero attached hydrogens (tertiary/aromatic N) is 1. The predicted octanol–water partition coefficient (Wildman–Crippen LogP) is 2.95. The summed E-state index contributed by atoms with van der Waals surface area (Å²) < 4.78 is 13.1. The molecule has 0 aromatic heterocycles. The standard InChI is InChI=1S/C15H16FNO/c1-17(15-4-2-3-14(16)9-15)10-12-5-7-13(11-18)8-6-12/h2-9,18H,10-11H2,1H3. The smallest absolute Gasteiger partial charge is 0.125 e. The van der Waals surface area contributed by atoms with Gasteiger partial charge in [0.2, 0.25) is 0 Å². The van der Waals surface area contributed by atoms with E-state index in [0.29, 0.717) is 6.54 Å². The Morgan fingerprint density at radius 3 is 2.33 bits per heavy atom. The van der Waals surface area contributed by atoms with Gasteiger partial charge < -0.3 is 10.0 Å². The van der Waals surface area contributed by atoms with Crippen LogP contribution in [0.15, 0.2) is 48.5 Å². The Morgan fingerprint density at radius 2 is 1.72 bits per heavy atom. The van der Waals surface area contributed by atoms with Gasteiger partial charge in [0.1, 0.15) is 5.82 Å². The molecule has 1 N–H and O–H groups in total. The highest BCUT2D eigenvalue weighted by Crippen LogP contribution is 2.16. The van der Waals surface area contributed by atoms with Crippen LogP contribution in [0.2, 0.25) is 0 Å². The maximum absolute atomic E-state index is 13.1. The molecule has 0 aliphatic carbocycles. The largest absolute Gasteiger partial charge is 0.392 e. The summed E-state index contributed by atoms with van der Waals surface area (Å²) in [4.78, 5) is 1.98. The lowest BCUT2D eigenvalue weighted by Crippen LogP contribution is -2.16. The molecule has 2 rings (SSSR count). The first-order valence-corrected chi connectivity index (χ1v) is 5.84. The molecule has 0 heterocycles. The molecule has 0 spiro atoms. The number of hydrogen-bond acceptors (Lipinski definition) is 2. The minimum absolute atomic E-state index is 0.0556. The zero-order valence-corrected chi connectivity index (χ0v) is 10.3. The number of rotatable bonds is 4. The Bertz CT molecular complexity index is 510. The van der Waals surface area contributed by atoms with Crippen LogP contribution in [0.3, 0.4) is 0 Å². The van der Waals surface area contributed by atoms with E-state index < -0.39 is 0 Å². The third-order valence-corrected chi connectivity index (χ3v) is 2.87. The minimum atomic E-state index is -0.227. The van der Waals surface area contributed by atoms with Gasteiger partial charge in [-0.15, -0.1) is 0 Å². The fourth-order valence-corrected chi connectivity index (χ4v) is 1.83. The van der Waals surface area contributed by atoms with Crippen LogP contribution in [-0.4, -0.2) is 12.2 Å². The highest BCUT2D eigenvalue weighted by molar-refractivity contribution is 5.46. The third-order valence-electron chi connectivity index (χ3n) is 2.87. The summed E-state index contributed by atoms with van der Waals surface area (Å²) in [5.41, 5.74) is 2.87. The van der Waals surface area contributed by atoms with Crippen molar-refractivity contribution in [3.8, 4) is 0 Å². The quantitative estimate of drug-likeness (QED) is 0.895. The van der Waals surface area contributed by atoms with Gasteiger partial charge in [-0.2, -0.15) is 0 Å². The van der Waals surface area contributed by atoms with Gasteiger partial charge in [-0.1, -0.05) is 30.3 Å². The molecular formula is C15H16FNO. The average molecular weight is 245 g/mol. The number of halogens is 1. The van der Waals surface area contributed by atoms with E-state index in [1.54, 1.807) is 6.07 Å². The normalized spacial score (nSPS) is 10.4. The van der Waals surface area contributed by atoms with Crippen LogP contribution in [0.1, 0.15) is 11.1 Å². The van der Waals surface area contributed by atoms with Gasteiger partial charge in [0.05, 0.1) is 6.61 Å². The van der Waals surface area contributed by atoms with E-state index in [9.17, 15) is 4.39 Å². The van der Waals surface area contributed by atoms with E-state index in [4.69, 9.17) is 5.11 Å². The van der Waals surface area contributed by atoms with Crippen molar-refractivity contribution in [2.45, 2.75) is 13.2 Å². The molecular weight excluding hydrogens is 229 g/mol. The number of hydrogen-bond donors (Lipinski definition) is 1. The molecule has 0 aliphatic heterocycles. The summed E-state index contributed by atoms with van der Waals surface area (Å²) in [6.07, 6.45) is 0. The highest BCUT2D eigenvalue weighted by atomic mass is 19.1. The van der Waals surface area contributed by atoms with Gasteiger partial charge in [0.15, 0.2) is 0 Å². The van der Waals surface area contributed by atoms with Crippen molar-refractivity contribution in [1.29, 1.82) is 0 Å². The van der Waals surface area contributed by atoms with E-state index >= 15 is 0 Å². The van der Waals surface area contributed by atoms with Crippen molar-refractivity contribution < 1.29 is 9.50 Å². The van der Waals surface area contributed by atoms with Crippen molar-refractivity contribution >= 4 is 5.69 Å². The number of aliphatic hydroxyl groups excluding tert-OH is 1. The van der Waals surface area contributed by atoms with E-state index in [0.717, 1.165) is 16.8 Å². The van der Waals surface area contributed by atoms with Crippen molar-refractivity contribution in [3.05, 3.63) is 65.5 Å². The maximum Gasteiger partial charge on any atom is 0.125 e. The molecule has 0 saturated carbocycles. The zero-order valence-electron chi connectivity index (χ0n) is 10.3. The van der Waals surface area contributed by atoms with Gasteiger partial charge >= 0.3 is 0 Å². The fraction of sp³-hybridized carbons (Fsp3) is 0.200. The molecule has 2 nitrogen and oxygen atoms in total. The first kappa shape index (κ1) is 12.6. The summed E-state index contributed by atoms with van der Waals surface area (Å²) in [6, 6.07) is 14.3. The predicted molar refractivity (Wildman–Crippen MR) is 70.9 cm³/mol. The molecule has 0 amide bonds. The Kier molecular flexibility index (Phi) is 3.95. The SMILES string of the molecule is CN(Cc1ccc(CO)cc1)c1cccc(F)c1. The van der Waals surface area contributed by atoms with Crippen LogP contribution in [0.5, 0.6) is 0 Å². The van der Waals surface area contributed by atoms with Crippen LogP contribution in [0.4, 0.5) is 10.1 Å². The average Bonchev–Trinajstić information content (AvgIpc) is 2.39. The number of benzene rings is 2. The first-order chi connectivity index (χ1) is 8.69. The zero-order chi connectivity index (χ0) is 13.0. The monoisotopic (exact) mass is 245 g/mol. The lowest BCUT2D eigenvalue weighted by Gasteiger charge is -2.19. The molecule has 94 valence electrons. The lowest BCUT2D eigenvalue weighted by atomic mass is 10.1. The number of anilines is 1. The van der Waals surface area contributed by atoms with Crippen LogP contribution in [0.25, 0.3) is 0 Å². The second-order valence-corrected chi connectivity index (χ2v) is 4.31. The molecule has 18 heavy (non-hydrogen) atoms. The molecule has 3 heteroatoms. The second kappa shape index (κ2) is 5.65. The molecule has 0 unspecified atom stereocenters. The maximum atomic E-state index is 13.1. The van der Waals surface area contributed by atoms with Gasteiger partial charge in [0.25, 0.3) is 0 Å². The summed E-state index contributed by atoms with van der Waals surface area (Å²) >= 11 is 0. The molecule has 0 saturated heterocycles. The summed E-state index contributed by atoms with van der Waals surface area (Å²) in [5.74, 6) is -0.227. The molecule has 0 bridgehead atoms. The number of aliphatic hydroxyl groups is 1. The molecule has 0 aliphatic rings. The lowest BCUT2D eigenvalue weighted by molar-refractivity contribution is 0.282. The summed E-state index contributed by atoms with van der Waals surface area (Å²) in [7, 11) is 1.93. The second-order valence-electron chi connectivity index (χ2n) is 4.31. The topological polar surface area (TPSA) is 23.5 Å². The van der Waals surface area contributed by atoms with Crippen LogP contribution in [0, 0.1) is 5.82 Å². The van der Waals surface area contributed by atoms with Crippen molar-refractivity contribution in [1.82, 2.24) is 0 Å². The van der Waals surface area contributed by atoms with Crippen LogP contribution < -0.4 is 4.90 Å². The molecule has 0 radical (unpaired) electrons. The van der Waals surface area contributed by atoms with Gasteiger partial charge in [-0.05, 0) is 29.3 Å². The van der Waals surface area contributed by atoms with E-state index in [1.165, 1.54) is 12.1 Å². The molecule has 2 aromatic carbocycles. The van der Waals surface area contributed by atoms with E-state index in [-0.39, 0.29) is 12.4 Å². The highest BCUT2D eigenvalue weighted by Gasteiger charge is 2.03. The third kappa shape index (κ3) is 3.08. The van der Waals surface area contributed by atoms with Crippen LogP contribution >= 0.6 is 0 Å². The summed E-state index contributed by atoms with van der Waals surface area (Å²) in [5, 5.41) is 8.97. The molecule has 0 atom stereocenters. The van der Waals surface area contributed by atoms with E-state index in [1.807, 2.05) is 42.3 Å². The summed E-state index contributed by atoms with van der Waals surface area (Å²) in [6.45, 7) is 0.759. The fourth-order valence-electron chi connectivity index (χ4n) is 1.83. The van der Waals surface area contributed by atoms with Crippen molar-refractivity contribution in [2.75, 3.05) is 11.9 Å². The molecule has 2 aromatic rings. The first-order valence-electron chi connectivity index (χ1n) is 5.84. The van der Waals surface area contributed by atoms with Crippen molar-refractivity contribution in [2.24, 2.45) is 0 Å². The Morgan fingerprint density at radius 1 is 1.06 bits per heavy atom. The van der Waals surface area contributed by atoms with Crippen molar-refractivity contribution in [3.63, 3.8) is 0 Å². The van der Waals surface area contributed by atoms with E-state index in [2.05, 4.69) is 0 Å². The van der Waals surface area contributed by atoms with Gasteiger partial charge in [-0.25, -0.2) is 4.39 Å². The Balaban J connectivity index is 2.08. The Labute approximate surface area is 106 Å². The Hall–Kier alpha value is -1.87. The van der Waals surface area contributed by atoms with Gasteiger partial charge in [0, 0.05) is 19.3 Å². The van der Waals surface area contributed by atoms with Crippen LogP contribution in [-0.2, 0) is 13.2 Å². The van der Waals surface area contributed by atoms with Gasteiger partial charge in [-0.3, -0.25) is 0 Å². The molecule has 0 fully saturated rings.